The predicted octanol–water partition coefficient (Wildman–Crippen LogP) is 5.01. The van der Waals surface area contributed by atoms with Gasteiger partial charge in [0.2, 0.25) is 5.91 Å². The van der Waals surface area contributed by atoms with Gasteiger partial charge in [-0.2, -0.15) is 0 Å². The van der Waals surface area contributed by atoms with E-state index in [1.807, 2.05) is 30.0 Å². The average Bonchev–Trinajstić information content (AvgIpc) is 3.29. The summed E-state index contributed by atoms with van der Waals surface area (Å²) >= 11 is 1.70. The molecule has 3 rings (SSSR count). The fraction of sp³-hybridized carbons (Fsp3) is 0.556. The molecule has 192 valence electrons. The number of amides is 3. The Hall–Kier alpha value is -2.74. The van der Waals surface area contributed by atoms with E-state index in [0.717, 1.165) is 36.1 Å². The lowest BCUT2D eigenvalue weighted by molar-refractivity contribution is -0.133. The number of methoxy groups -OCH3 is 2. The number of carbonyl (C=O) groups excluding carboxylic acids is 2. The number of aryl methyl sites for hydroxylation is 1. The van der Waals surface area contributed by atoms with E-state index in [9.17, 15) is 9.59 Å². The largest absolute Gasteiger partial charge is 0.493 e. The number of rotatable bonds is 11. The lowest BCUT2D eigenvalue weighted by Crippen LogP contribution is -2.51. The Morgan fingerprint density at radius 1 is 1.06 bits per heavy atom. The summed E-state index contributed by atoms with van der Waals surface area (Å²) in [5.74, 6) is 1.34. The molecular formula is C27H39N3O4S. The van der Waals surface area contributed by atoms with E-state index in [-0.39, 0.29) is 24.5 Å². The zero-order valence-electron chi connectivity index (χ0n) is 21.5. The Bertz CT molecular complexity index is 971. The van der Waals surface area contributed by atoms with Crippen LogP contribution in [0.15, 0.2) is 30.3 Å². The minimum Gasteiger partial charge on any atom is -0.493 e. The SMILES string of the molecule is CCNC(=O)N(CC(=O)N(CCc1ccc(OC)c(OC)c1)Cc1ccc(C)s1)C1CCCCC1. The molecule has 1 N–H and O–H groups in total. The molecule has 2 aromatic rings. The van der Waals surface area contributed by atoms with Crippen LogP contribution in [0.25, 0.3) is 0 Å². The van der Waals surface area contributed by atoms with Crippen molar-refractivity contribution in [3.63, 3.8) is 0 Å². The van der Waals surface area contributed by atoms with E-state index in [4.69, 9.17) is 9.47 Å². The van der Waals surface area contributed by atoms with Crippen LogP contribution >= 0.6 is 11.3 Å². The highest BCUT2D eigenvalue weighted by Crippen LogP contribution is 2.28. The molecular weight excluding hydrogens is 462 g/mol. The average molecular weight is 502 g/mol. The summed E-state index contributed by atoms with van der Waals surface area (Å²) in [6.45, 7) is 5.73. The van der Waals surface area contributed by atoms with Gasteiger partial charge in [-0.25, -0.2) is 4.79 Å². The van der Waals surface area contributed by atoms with Crippen LogP contribution in [0, 0.1) is 6.92 Å². The van der Waals surface area contributed by atoms with Crippen LogP contribution in [0.4, 0.5) is 4.79 Å². The molecule has 0 unspecified atom stereocenters. The first-order valence-corrected chi connectivity index (χ1v) is 13.3. The first kappa shape index (κ1) is 26.9. The van der Waals surface area contributed by atoms with Gasteiger partial charge < -0.3 is 24.6 Å². The van der Waals surface area contributed by atoms with Crippen molar-refractivity contribution in [2.45, 2.75) is 65.0 Å². The van der Waals surface area contributed by atoms with Gasteiger partial charge in [-0.05, 0) is 62.9 Å². The van der Waals surface area contributed by atoms with Gasteiger partial charge in [0.05, 0.1) is 20.8 Å². The van der Waals surface area contributed by atoms with Gasteiger partial charge in [0.1, 0.15) is 6.54 Å². The quantitative estimate of drug-likeness (QED) is 0.470. The number of nitrogens with zero attached hydrogens (tertiary/aromatic N) is 2. The van der Waals surface area contributed by atoms with E-state index < -0.39 is 0 Å². The topological polar surface area (TPSA) is 71.1 Å². The zero-order chi connectivity index (χ0) is 25.2. The normalized spacial score (nSPS) is 13.8. The molecule has 1 aliphatic carbocycles. The highest BCUT2D eigenvalue weighted by Gasteiger charge is 2.29. The van der Waals surface area contributed by atoms with Crippen LogP contribution in [0.1, 0.15) is 54.3 Å². The first-order chi connectivity index (χ1) is 16.9. The number of hydrogen-bond acceptors (Lipinski definition) is 5. The third-order valence-corrected chi connectivity index (χ3v) is 7.51. The summed E-state index contributed by atoms with van der Waals surface area (Å²) in [5.41, 5.74) is 1.07. The van der Waals surface area contributed by atoms with Gasteiger partial charge >= 0.3 is 6.03 Å². The van der Waals surface area contributed by atoms with E-state index in [1.54, 1.807) is 30.5 Å². The number of urea groups is 1. The molecule has 1 fully saturated rings. The summed E-state index contributed by atoms with van der Waals surface area (Å²) in [4.78, 5) is 32.5. The Labute approximate surface area is 213 Å². The molecule has 0 radical (unpaired) electrons. The van der Waals surface area contributed by atoms with Crippen molar-refractivity contribution in [3.8, 4) is 11.5 Å². The number of nitrogens with one attached hydrogen (secondary N) is 1. The number of thiophene rings is 1. The molecule has 0 saturated heterocycles. The maximum Gasteiger partial charge on any atom is 0.318 e. The molecule has 8 heteroatoms. The Kier molecular flexibility index (Phi) is 10.3. The number of benzene rings is 1. The van der Waals surface area contributed by atoms with Gasteiger partial charge in [-0.3, -0.25) is 4.79 Å². The lowest BCUT2D eigenvalue weighted by Gasteiger charge is -2.35. The van der Waals surface area contributed by atoms with Gasteiger partial charge in [0.15, 0.2) is 11.5 Å². The highest BCUT2D eigenvalue weighted by molar-refractivity contribution is 7.11. The maximum atomic E-state index is 13.6. The lowest BCUT2D eigenvalue weighted by atomic mass is 9.94. The molecule has 0 bridgehead atoms. The fourth-order valence-electron chi connectivity index (χ4n) is 4.61. The van der Waals surface area contributed by atoms with Crippen LogP contribution in [-0.2, 0) is 17.8 Å². The van der Waals surface area contributed by atoms with Crippen molar-refractivity contribution in [2.24, 2.45) is 0 Å². The van der Waals surface area contributed by atoms with E-state index in [0.29, 0.717) is 37.6 Å². The zero-order valence-corrected chi connectivity index (χ0v) is 22.3. The summed E-state index contributed by atoms with van der Waals surface area (Å²) in [6, 6.07) is 10.0. The number of hydrogen-bond donors (Lipinski definition) is 1. The van der Waals surface area contributed by atoms with Crippen molar-refractivity contribution in [1.82, 2.24) is 15.1 Å². The first-order valence-electron chi connectivity index (χ1n) is 12.5. The van der Waals surface area contributed by atoms with Crippen LogP contribution in [0.2, 0.25) is 0 Å². The molecule has 0 atom stereocenters. The second-order valence-corrected chi connectivity index (χ2v) is 10.4. The minimum atomic E-state index is -0.139. The maximum absolute atomic E-state index is 13.6. The van der Waals surface area contributed by atoms with Crippen LogP contribution < -0.4 is 14.8 Å². The van der Waals surface area contributed by atoms with Crippen molar-refractivity contribution < 1.29 is 19.1 Å². The van der Waals surface area contributed by atoms with Gasteiger partial charge in [-0.1, -0.05) is 25.3 Å². The van der Waals surface area contributed by atoms with Crippen molar-refractivity contribution in [1.29, 1.82) is 0 Å². The Morgan fingerprint density at radius 3 is 2.43 bits per heavy atom. The molecule has 0 aliphatic heterocycles. The standard InChI is InChI=1S/C27H39N3O4S/c1-5-28-27(32)30(22-9-7-6-8-10-22)19-26(31)29(18-23-13-11-20(2)35-23)16-15-21-12-14-24(33-3)25(17-21)34-4/h11-14,17,22H,5-10,15-16,18-19H2,1-4H3,(H,28,32). The number of carbonyl (C=O) groups is 2. The van der Waals surface area contributed by atoms with Crippen molar-refractivity contribution in [2.75, 3.05) is 33.9 Å². The smallest absolute Gasteiger partial charge is 0.318 e. The molecule has 1 aromatic carbocycles. The van der Waals surface area contributed by atoms with Crippen LogP contribution in [0.5, 0.6) is 11.5 Å². The second-order valence-electron chi connectivity index (χ2n) is 9.02. The molecule has 1 aromatic heterocycles. The molecule has 0 spiro atoms. The second kappa shape index (κ2) is 13.4. The fourth-order valence-corrected chi connectivity index (χ4v) is 5.51. The summed E-state index contributed by atoms with van der Waals surface area (Å²) in [7, 11) is 3.24. The Balaban J connectivity index is 1.76. The third-order valence-electron chi connectivity index (χ3n) is 6.52. The van der Waals surface area contributed by atoms with Crippen LogP contribution in [-0.4, -0.2) is 61.6 Å². The third kappa shape index (κ3) is 7.62. The van der Waals surface area contributed by atoms with Crippen LogP contribution in [0.3, 0.4) is 0 Å². The molecule has 1 heterocycles. The van der Waals surface area contributed by atoms with Gasteiger partial charge in [0, 0.05) is 28.9 Å². The highest BCUT2D eigenvalue weighted by atomic mass is 32.1. The Morgan fingerprint density at radius 2 is 1.80 bits per heavy atom. The van der Waals surface area contributed by atoms with E-state index >= 15 is 0 Å². The molecule has 1 aliphatic rings. The summed E-state index contributed by atoms with van der Waals surface area (Å²) in [5, 5.41) is 2.91. The summed E-state index contributed by atoms with van der Waals surface area (Å²) < 4.78 is 10.8. The molecule has 1 saturated carbocycles. The van der Waals surface area contributed by atoms with Crippen molar-refractivity contribution in [3.05, 3.63) is 45.6 Å². The van der Waals surface area contributed by atoms with Gasteiger partial charge in [0.25, 0.3) is 0 Å². The van der Waals surface area contributed by atoms with Crippen molar-refractivity contribution >= 4 is 23.3 Å². The minimum absolute atomic E-state index is 0.0200. The summed E-state index contributed by atoms with van der Waals surface area (Å²) in [6.07, 6.45) is 6.00. The van der Waals surface area contributed by atoms with Gasteiger partial charge in [-0.15, -0.1) is 11.3 Å². The predicted molar refractivity (Wildman–Crippen MR) is 140 cm³/mol. The van der Waals surface area contributed by atoms with E-state index in [1.165, 1.54) is 11.3 Å². The molecule has 7 nitrogen and oxygen atoms in total. The van der Waals surface area contributed by atoms with E-state index in [2.05, 4.69) is 24.4 Å². The monoisotopic (exact) mass is 501 g/mol. The molecule has 3 amide bonds. The number of ether oxygens (including phenoxy) is 2. The molecule has 35 heavy (non-hydrogen) atoms.